The Kier molecular flexibility index (Phi) is 6.69. The summed E-state index contributed by atoms with van der Waals surface area (Å²) in [5.74, 6) is 0.0798. The molecule has 1 aromatic rings. The number of hydrogen-bond acceptors (Lipinski definition) is 3. The van der Waals surface area contributed by atoms with Crippen LogP contribution in [0.15, 0.2) is 18.2 Å². The highest BCUT2D eigenvalue weighted by atomic mass is 16.5. The SMILES string of the molecule is CCCNC(C)(CCCOc1cccc(C)c1C)C(=O)O. The molecule has 1 unspecified atom stereocenters. The predicted octanol–water partition coefficient (Wildman–Crippen LogP) is 3.31. The molecule has 1 aromatic carbocycles. The third kappa shape index (κ3) is 5.05. The van der Waals surface area contributed by atoms with E-state index in [2.05, 4.69) is 18.3 Å². The van der Waals surface area contributed by atoms with Crippen molar-refractivity contribution in [3.8, 4) is 5.75 Å². The Balaban J connectivity index is 2.48. The van der Waals surface area contributed by atoms with Crippen LogP contribution in [0.25, 0.3) is 0 Å². The first-order valence-electron chi connectivity index (χ1n) is 7.58. The van der Waals surface area contributed by atoms with Gasteiger partial charge in [-0.25, -0.2) is 0 Å². The summed E-state index contributed by atoms with van der Waals surface area (Å²) in [6.45, 7) is 9.09. The van der Waals surface area contributed by atoms with Gasteiger partial charge in [0.05, 0.1) is 6.61 Å². The lowest BCUT2D eigenvalue weighted by atomic mass is 9.96. The van der Waals surface area contributed by atoms with Crippen molar-refractivity contribution >= 4 is 5.97 Å². The van der Waals surface area contributed by atoms with Gasteiger partial charge in [-0.05, 0) is 63.8 Å². The van der Waals surface area contributed by atoms with E-state index >= 15 is 0 Å². The minimum Gasteiger partial charge on any atom is -0.493 e. The maximum Gasteiger partial charge on any atom is 0.323 e. The van der Waals surface area contributed by atoms with Gasteiger partial charge in [-0.1, -0.05) is 19.1 Å². The topological polar surface area (TPSA) is 58.6 Å². The number of rotatable bonds is 9. The fraction of sp³-hybridized carbons (Fsp3) is 0.588. The molecule has 0 aliphatic heterocycles. The molecule has 0 heterocycles. The number of ether oxygens (including phenoxy) is 1. The van der Waals surface area contributed by atoms with Crippen molar-refractivity contribution in [3.05, 3.63) is 29.3 Å². The average Bonchev–Trinajstić information content (AvgIpc) is 2.45. The van der Waals surface area contributed by atoms with E-state index in [4.69, 9.17) is 4.74 Å². The van der Waals surface area contributed by atoms with Crippen molar-refractivity contribution in [2.24, 2.45) is 0 Å². The normalized spacial score (nSPS) is 13.7. The Morgan fingerprint density at radius 2 is 2.10 bits per heavy atom. The molecular weight excluding hydrogens is 266 g/mol. The van der Waals surface area contributed by atoms with Crippen LogP contribution >= 0.6 is 0 Å². The molecule has 21 heavy (non-hydrogen) atoms. The first-order valence-corrected chi connectivity index (χ1v) is 7.58. The summed E-state index contributed by atoms with van der Waals surface area (Å²) in [5.41, 5.74) is 1.47. The zero-order valence-corrected chi connectivity index (χ0v) is 13.5. The number of aliphatic carboxylic acids is 1. The quantitative estimate of drug-likeness (QED) is 0.686. The van der Waals surface area contributed by atoms with Gasteiger partial charge in [-0.2, -0.15) is 0 Å². The molecular formula is C17H27NO3. The van der Waals surface area contributed by atoms with E-state index in [1.807, 2.05) is 26.0 Å². The lowest BCUT2D eigenvalue weighted by molar-refractivity contribution is -0.144. The second-order valence-corrected chi connectivity index (χ2v) is 5.71. The maximum atomic E-state index is 11.4. The molecule has 0 bridgehead atoms. The van der Waals surface area contributed by atoms with Crippen LogP contribution in [-0.2, 0) is 4.79 Å². The number of carboxylic acid groups (broad SMARTS) is 1. The largest absolute Gasteiger partial charge is 0.493 e. The Hall–Kier alpha value is -1.55. The van der Waals surface area contributed by atoms with Crippen molar-refractivity contribution in [3.63, 3.8) is 0 Å². The van der Waals surface area contributed by atoms with Crippen molar-refractivity contribution in [2.45, 2.75) is 52.5 Å². The zero-order chi connectivity index (χ0) is 15.9. The van der Waals surface area contributed by atoms with Gasteiger partial charge in [0.2, 0.25) is 0 Å². The summed E-state index contributed by atoms with van der Waals surface area (Å²) < 4.78 is 5.78. The molecule has 1 rings (SSSR count). The fourth-order valence-corrected chi connectivity index (χ4v) is 2.16. The van der Waals surface area contributed by atoms with Crippen LogP contribution in [0.3, 0.4) is 0 Å². The molecule has 0 aliphatic rings. The van der Waals surface area contributed by atoms with Gasteiger partial charge in [0.15, 0.2) is 0 Å². The van der Waals surface area contributed by atoms with Crippen molar-refractivity contribution in [1.82, 2.24) is 5.32 Å². The van der Waals surface area contributed by atoms with Crippen LogP contribution < -0.4 is 10.1 Å². The van der Waals surface area contributed by atoms with Crippen LogP contribution in [0.5, 0.6) is 5.75 Å². The number of hydrogen-bond donors (Lipinski definition) is 2. The summed E-state index contributed by atoms with van der Waals surface area (Å²) in [7, 11) is 0. The third-order valence-corrected chi connectivity index (χ3v) is 3.87. The van der Waals surface area contributed by atoms with E-state index in [0.717, 1.165) is 17.7 Å². The summed E-state index contributed by atoms with van der Waals surface area (Å²) in [6, 6.07) is 5.98. The van der Waals surface area contributed by atoms with Gasteiger partial charge in [0, 0.05) is 0 Å². The standard InChI is InChI=1S/C17H27NO3/c1-5-11-18-17(4,16(19)20)10-7-12-21-15-9-6-8-13(2)14(15)3/h6,8-9,18H,5,7,10-12H2,1-4H3,(H,19,20). The zero-order valence-electron chi connectivity index (χ0n) is 13.5. The highest BCUT2D eigenvalue weighted by molar-refractivity contribution is 5.78. The summed E-state index contributed by atoms with van der Waals surface area (Å²) in [4.78, 5) is 11.4. The van der Waals surface area contributed by atoms with E-state index in [1.54, 1.807) is 6.92 Å². The Labute approximate surface area is 127 Å². The molecule has 0 amide bonds. The van der Waals surface area contributed by atoms with E-state index in [1.165, 1.54) is 5.56 Å². The predicted molar refractivity (Wildman–Crippen MR) is 85.0 cm³/mol. The van der Waals surface area contributed by atoms with Crippen LogP contribution in [-0.4, -0.2) is 29.8 Å². The van der Waals surface area contributed by atoms with E-state index in [0.29, 0.717) is 26.0 Å². The van der Waals surface area contributed by atoms with Crippen LogP contribution in [0.2, 0.25) is 0 Å². The first kappa shape index (κ1) is 17.5. The number of carbonyl (C=O) groups is 1. The van der Waals surface area contributed by atoms with Gasteiger partial charge < -0.3 is 15.2 Å². The van der Waals surface area contributed by atoms with Gasteiger partial charge in [-0.3, -0.25) is 4.79 Å². The number of carboxylic acids is 1. The van der Waals surface area contributed by atoms with Gasteiger partial charge >= 0.3 is 5.97 Å². The highest BCUT2D eigenvalue weighted by Gasteiger charge is 2.31. The monoisotopic (exact) mass is 293 g/mol. The molecule has 1 atom stereocenters. The smallest absolute Gasteiger partial charge is 0.323 e. The summed E-state index contributed by atoms with van der Waals surface area (Å²) >= 11 is 0. The molecule has 0 fully saturated rings. The molecule has 0 spiro atoms. The molecule has 118 valence electrons. The lowest BCUT2D eigenvalue weighted by Gasteiger charge is -2.26. The minimum atomic E-state index is -0.874. The fourth-order valence-electron chi connectivity index (χ4n) is 2.16. The number of benzene rings is 1. The molecule has 2 N–H and O–H groups in total. The molecule has 4 nitrogen and oxygen atoms in total. The third-order valence-electron chi connectivity index (χ3n) is 3.87. The van der Waals surface area contributed by atoms with Gasteiger partial charge in [0.1, 0.15) is 11.3 Å². The Bertz CT molecular complexity index is 473. The van der Waals surface area contributed by atoms with Crippen LogP contribution in [0, 0.1) is 13.8 Å². The molecule has 0 saturated carbocycles. The Morgan fingerprint density at radius 1 is 1.38 bits per heavy atom. The lowest BCUT2D eigenvalue weighted by Crippen LogP contribution is -2.49. The van der Waals surface area contributed by atoms with Crippen LogP contribution in [0.1, 0.15) is 44.2 Å². The summed E-state index contributed by atoms with van der Waals surface area (Å²) in [5, 5.41) is 12.5. The first-order chi connectivity index (χ1) is 9.90. The van der Waals surface area contributed by atoms with Gasteiger partial charge in [0.25, 0.3) is 0 Å². The van der Waals surface area contributed by atoms with Gasteiger partial charge in [-0.15, -0.1) is 0 Å². The van der Waals surface area contributed by atoms with Crippen LogP contribution in [0.4, 0.5) is 0 Å². The molecule has 0 aromatic heterocycles. The molecule has 0 radical (unpaired) electrons. The van der Waals surface area contributed by atoms with E-state index < -0.39 is 11.5 Å². The van der Waals surface area contributed by atoms with Crippen molar-refractivity contribution in [2.75, 3.05) is 13.2 Å². The van der Waals surface area contributed by atoms with Crippen molar-refractivity contribution < 1.29 is 14.6 Å². The molecule has 4 heteroatoms. The number of nitrogens with one attached hydrogen (secondary N) is 1. The summed E-state index contributed by atoms with van der Waals surface area (Å²) in [6.07, 6.45) is 2.17. The molecule has 0 saturated heterocycles. The second-order valence-electron chi connectivity index (χ2n) is 5.71. The van der Waals surface area contributed by atoms with Crippen molar-refractivity contribution in [1.29, 1.82) is 0 Å². The maximum absolute atomic E-state index is 11.4. The second kappa shape index (κ2) is 8.03. The average molecular weight is 293 g/mol. The highest BCUT2D eigenvalue weighted by Crippen LogP contribution is 2.21. The number of aryl methyl sites for hydroxylation is 1. The van der Waals surface area contributed by atoms with E-state index in [9.17, 15) is 9.90 Å². The minimum absolute atomic E-state index is 0.529. The molecule has 0 aliphatic carbocycles. The Morgan fingerprint density at radius 3 is 2.71 bits per heavy atom. The van der Waals surface area contributed by atoms with E-state index in [-0.39, 0.29) is 0 Å².